The van der Waals surface area contributed by atoms with Gasteiger partial charge < -0.3 is 14.2 Å². The van der Waals surface area contributed by atoms with E-state index in [9.17, 15) is 4.79 Å². The first-order chi connectivity index (χ1) is 8.36. The van der Waals surface area contributed by atoms with Crippen molar-refractivity contribution in [1.82, 2.24) is 0 Å². The zero-order chi connectivity index (χ0) is 12.3. The molecule has 0 spiro atoms. The molecule has 0 saturated carbocycles. The molecular weight excluding hydrogens is 220 g/mol. The van der Waals surface area contributed by atoms with E-state index in [0.29, 0.717) is 37.7 Å². The largest absolute Gasteiger partial charge is 0.491 e. The van der Waals surface area contributed by atoms with E-state index in [0.717, 1.165) is 12.7 Å². The van der Waals surface area contributed by atoms with Crippen LogP contribution in [0.5, 0.6) is 5.75 Å². The molecule has 4 nitrogen and oxygen atoms in total. The molecule has 94 valence electrons. The topological polar surface area (TPSA) is 44.8 Å². The molecule has 0 aromatic heterocycles. The molecule has 17 heavy (non-hydrogen) atoms. The van der Waals surface area contributed by atoms with Crippen molar-refractivity contribution in [2.45, 2.75) is 6.42 Å². The first kappa shape index (κ1) is 13.7. The second kappa shape index (κ2) is 8.73. The van der Waals surface area contributed by atoms with Gasteiger partial charge in [-0.2, -0.15) is 0 Å². The van der Waals surface area contributed by atoms with Crippen molar-refractivity contribution in [3.63, 3.8) is 0 Å². The summed E-state index contributed by atoms with van der Waals surface area (Å²) in [5.74, 6) is 0.690. The zero-order valence-electron chi connectivity index (χ0n) is 10.1. The molecule has 0 heterocycles. The van der Waals surface area contributed by atoms with Crippen LogP contribution in [-0.4, -0.2) is 39.8 Å². The van der Waals surface area contributed by atoms with E-state index in [-0.39, 0.29) is 0 Å². The molecule has 4 heteroatoms. The van der Waals surface area contributed by atoms with Gasteiger partial charge in [-0.15, -0.1) is 0 Å². The lowest BCUT2D eigenvalue weighted by atomic mass is 10.2. The molecule has 1 rings (SSSR count). The lowest BCUT2D eigenvalue weighted by Crippen LogP contribution is -2.08. The number of hydrogen-bond acceptors (Lipinski definition) is 4. The lowest BCUT2D eigenvalue weighted by molar-refractivity contribution is 0.0806. The fourth-order valence-electron chi connectivity index (χ4n) is 1.30. The predicted molar refractivity (Wildman–Crippen MR) is 64.6 cm³/mol. The highest BCUT2D eigenvalue weighted by Gasteiger charge is 1.96. The van der Waals surface area contributed by atoms with Crippen molar-refractivity contribution in [3.8, 4) is 5.75 Å². The average molecular weight is 238 g/mol. The molecule has 0 unspecified atom stereocenters. The molecule has 0 saturated heterocycles. The third-order valence-electron chi connectivity index (χ3n) is 2.13. The predicted octanol–water partition coefficient (Wildman–Crippen LogP) is 1.93. The van der Waals surface area contributed by atoms with Gasteiger partial charge in [0.25, 0.3) is 0 Å². The smallest absolute Gasteiger partial charge is 0.150 e. The molecule has 0 aliphatic carbocycles. The Morgan fingerprint density at radius 1 is 1.18 bits per heavy atom. The lowest BCUT2D eigenvalue weighted by Gasteiger charge is -2.07. The first-order valence-corrected chi connectivity index (χ1v) is 5.61. The number of carbonyl (C=O) groups is 1. The standard InChI is InChI=1S/C13H18O4/c1-15-6-3-7-16-8-9-17-13-5-2-4-12(10-13)11-14/h2,4-5,10-11H,3,6-9H2,1H3. The number of benzene rings is 1. The summed E-state index contributed by atoms with van der Waals surface area (Å²) in [6.07, 6.45) is 1.69. The number of aldehydes is 1. The van der Waals surface area contributed by atoms with Crippen LogP contribution < -0.4 is 4.74 Å². The molecule has 0 fully saturated rings. The van der Waals surface area contributed by atoms with Crippen LogP contribution in [-0.2, 0) is 9.47 Å². The van der Waals surface area contributed by atoms with Crippen LogP contribution >= 0.6 is 0 Å². The number of methoxy groups -OCH3 is 1. The van der Waals surface area contributed by atoms with Crippen LogP contribution in [0, 0.1) is 0 Å². The molecule has 1 aromatic carbocycles. The number of rotatable bonds is 9. The van der Waals surface area contributed by atoms with Crippen LogP contribution in [0.4, 0.5) is 0 Å². The van der Waals surface area contributed by atoms with Crippen LogP contribution in [0.25, 0.3) is 0 Å². The second-order valence-electron chi connectivity index (χ2n) is 3.50. The summed E-state index contributed by atoms with van der Waals surface area (Å²) in [7, 11) is 1.67. The van der Waals surface area contributed by atoms with E-state index in [1.807, 2.05) is 6.07 Å². The van der Waals surface area contributed by atoms with E-state index in [1.54, 1.807) is 25.3 Å². The minimum Gasteiger partial charge on any atom is -0.491 e. The van der Waals surface area contributed by atoms with Crippen molar-refractivity contribution < 1.29 is 19.0 Å². The van der Waals surface area contributed by atoms with Gasteiger partial charge in [-0.05, 0) is 18.6 Å². The third-order valence-corrected chi connectivity index (χ3v) is 2.13. The van der Waals surface area contributed by atoms with Crippen LogP contribution in [0.2, 0.25) is 0 Å². The summed E-state index contributed by atoms with van der Waals surface area (Å²) in [4.78, 5) is 10.5. The summed E-state index contributed by atoms with van der Waals surface area (Å²) in [6.45, 7) is 2.40. The third kappa shape index (κ3) is 6.04. The highest BCUT2D eigenvalue weighted by molar-refractivity contribution is 5.75. The van der Waals surface area contributed by atoms with Crippen molar-refractivity contribution >= 4 is 6.29 Å². The monoisotopic (exact) mass is 238 g/mol. The van der Waals surface area contributed by atoms with Gasteiger partial charge in [0.1, 0.15) is 18.6 Å². The average Bonchev–Trinajstić information content (AvgIpc) is 2.38. The van der Waals surface area contributed by atoms with Gasteiger partial charge in [0.05, 0.1) is 6.61 Å². The Labute approximate surface area is 101 Å². The van der Waals surface area contributed by atoms with Crippen LogP contribution in [0.15, 0.2) is 24.3 Å². The number of carbonyl (C=O) groups excluding carboxylic acids is 1. The van der Waals surface area contributed by atoms with Gasteiger partial charge >= 0.3 is 0 Å². The van der Waals surface area contributed by atoms with Crippen molar-refractivity contribution in [3.05, 3.63) is 29.8 Å². The maximum absolute atomic E-state index is 10.5. The quantitative estimate of drug-likeness (QED) is 0.487. The summed E-state index contributed by atoms with van der Waals surface area (Å²) in [5.41, 5.74) is 0.614. The zero-order valence-corrected chi connectivity index (χ0v) is 10.1. The maximum Gasteiger partial charge on any atom is 0.150 e. The first-order valence-electron chi connectivity index (χ1n) is 5.61. The van der Waals surface area contributed by atoms with Crippen LogP contribution in [0.3, 0.4) is 0 Å². The fraction of sp³-hybridized carbons (Fsp3) is 0.462. The van der Waals surface area contributed by atoms with Crippen molar-refractivity contribution in [2.24, 2.45) is 0 Å². The maximum atomic E-state index is 10.5. The van der Waals surface area contributed by atoms with E-state index >= 15 is 0 Å². The highest BCUT2D eigenvalue weighted by Crippen LogP contribution is 2.11. The molecular formula is C13H18O4. The fourth-order valence-corrected chi connectivity index (χ4v) is 1.30. The summed E-state index contributed by atoms with van der Waals surface area (Å²) in [6, 6.07) is 7.05. The molecule has 0 radical (unpaired) electrons. The summed E-state index contributed by atoms with van der Waals surface area (Å²) < 4.78 is 15.7. The molecule has 0 bridgehead atoms. The van der Waals surface area contributed by atoms with Gasteiger partial charge in [-0.25, -0.2) is 0 Å². The summed E-state index contributed by atoms with van der Waals surface area (Å²) >= 11 is 0. The minimum atomic E-state index is 0.481. The van der Waals surface area contributed by atoms with Gasteiger partial charge in [0, 0.05) is 25.9 Å². The number of ether oxygens (including phenoxy) is 3. The van der Waals surface area contributed by atoms with Gasteiger partial charge in [0.15, 0.2) is 0 Å². The summed E-state index contributed by atoms with van der Waals surface area (Å²) in [5, 5.41) is 0. The molecule has 0 aliphatic rings. The van der Waals surface area contributed by atoms with Gasteiger partial charge in [-0.3, -0.25) is 4.79 Å². The molecule has 0 atom stereocenters. The molecule has 0 aliphatic heterocycles. The normalized spacial score (nSPS) is 10.2. The van der Waals surface area contributed by atoms with Crippen molar-refractivity contribution in [2.75, 3.05) is 33.5 Å². The Morgan fingerprint density at radius 3 is 2.82 bits per heavy atom. The van der Waals surface area contributed by atoms with Crippen LogP contribution in [0.1, 0.15) is 16.8 Å². The Morgan fingerprint density at radius 2 is 2.06 bits per heavy atom. The van der Waals surface area contributed by atoms with Gasteiger partial charge in [-0.1, -0.05) is 12.1 Å². The van der Waals surface area contributed by atoms with E-state index in [2.05, 4.69) is 0 Å². The molecule has 0 amide bonds. The van der Waals surface area contributed by atoms with Crippen molar-refractivity contribution in [1.29, 1.82) is 0 Å². The highest BCUT2D eigenvalue weighted by atomic mass is 16.5. The molecule has 0 N–H and O–H groups in total. The van der Waals surface area contributed by atoms with E-state index in [1.165, 1.54) is 0 Å². The Bertz CT molecular complexity index is 325. The number of hydrogen-bond donors (Lipinski definition) is 0. The van der Waals surface area contributed by atoms with Gasteiger partial charge in [0.2, 0.25) is 0 Å². The van der Waals surface area contributed by atoms with E-state index < -0.39 is 0 Å². The second-order valence-corrected chi connectivity index (χ2v) is 3.50. The molecule has 1 aromatic rings. The SMILES string of the molecule is COCCCOCCOc1cccc(C=O)c1. The Hall–Kier alpha value is -1.39. The Balaban J connectivity index is 2.11. The van der Waals surface area contributed by atoms with E-state index in [4.69, 9.17) is 14.2 Å². The minimum absolute atomic E-state index is 0.481. The Kier molecular flexibility index (Phi) is 7.02.